The number of fused-ring (bicyclic) bond motifs is 1. The first-order valence-corrected chi connectivity index (χ1v) is 11.6. The molecule has 3 rings (SSSR count). The quantitative estimate of drug-likeness (QED) is 0.362. The van der Waals surface area contributed by atoms with Crippen LogP contribution in [0, 0.1) is 0 Å². The number of hydrogen-bond acceptors (Lipinski definition) is 9. The molecule has 12 heteroatoms. The predicted octanol–water partition coefficient (Wildman–Crippen LogP) is 3.11. The maximum absolute atomic E-state index is 14.1. The molecule has 0 amide bonds. The van der Waals surface area contributed by atoms with Crippen molar-refractivity contribution in [3.8, 4) is 5.75 Å². The van der Waals surface area contributed by atoms with Crippen molar-refractivity contribution in [2.75, 3.05) is 26.1 Å². The number of anilines is 1. The van der Waals surface area contributed by atoms with Crippen molar-refractivity contribution in [1.29, 1.82) is 0 Å². The van der Waals surface area contributed by atoms with E-state index in [1.165, 1.54) is 16.9 Å². The molecular formula is C22H29FN4O6P+. The largest absolute Gasteiger partial charge is 0.750 e. The number of hydrogen-bond donors (Lipinski definition) is 3. The minimum absolute atomic E-state index is 0.0591. The highest BCUT2D eigenvalue weighted by Gasteiger charge is 2.47. The topological polar surface area (TPSA) is 141 Å². The highest BCUT2D eigenvalue weighted by Crippen LogP contribution is 2.35. The van der Waals surface area contributed by atoms with E-state index in [4.69, 9.17) is 19.5 Å². The van der Waals surface area contributed by atoms with Crippen molar-refractivity contribution >= 4 is 19.6 Å². The van der Waals surface area contributed by atoms with Crippen molar-refractivity contribution in [3.63, 3.8) is 0 Å². The molecule has 10 nitrogen and oxygen atoms in total. The number of benzene rings is 1. The van der Waals surface area contributed by atoms with Gasteiger partial charge in [0, 0.05) is 11.7 Å². The minimum atomic E-state index is -2.72. The molecule has 0 saturated carbocycles. The van der Waals surface area contributed by atoms with Crippen LogP contribution in [-0.2, 0) is 19.2 Å². The maximum Gasteiger partial charge on any atom is 0.750 e. The Balaban J connectivity index is 1.71. The Labute approximate surface area is 197 Å². The van der Waals surface area contributed by atoms with E-state index >= 15 is 0 Å². The van der Waals surface area contributed by atoms with Crippen LogP contribution in [0.2, 0.25) is 0 Å². The zero-order valence-corrected chi connectivity index (χ0v) is 20.3. The number of ether oxygens (including phenoxy) is 1. The van der Waals surface area contributed by atoms with Crippen LogP contribution in [0.1, 0.15) is 38.1 Å². The third kappa shape index (κ3) is 5.34. The second kappa shape index (κ2) is 10.3. The van der Waals surface area contributed by atoms with E-state index in [-0.39, 0.29) is 16.9 Å². The lowest BCUT2D eigenvalue weighted by Gasteiger charge is -2.34. The number of aromatic nitrogens is 3. The summed E-state index contributed by atoms with van der Waals surface area (Å²) >= 11 is 0. The molecule has 0 aliphatic heterocycles. The molecular weight excluding hydrogens is 466 g/mol. The average molecular weight is 495 g/mol. The molecule has 4 N–H and O–H groups in total. The van der Waals surface area contributed by atoms with E-state index < -0.39 is 39.3 Å². The number of nitrogens with zero attached hydrogens (tertiary/aromatic N) is 3. The third-order valence-electron chi connectivity index (χ3n) is 5.60. The normalized spacial score (nSPS) is 16.1. The lowest BCUT2D eigenvalue weighted by Crippen LogP contribution is -2.52. The number of aliphatic hydroxyl groups excluding tert-OH is 2. The lowest BCUT2D eigenvalue weighted by molar-refractivity contribution is -0.169. The number of nitrogen functional groups attached to an aromatic ring is 1. The molecule has 1 unspecified atom stereocenters. The van der Waals surface area contributed by atoms with E-state index in [0.717, 1.165) is 12.7 Å². The minimum Gasteiger partial charge on any atom is -0.387 e. The summed E-state index contributed by atoms with van der Waals surface area (Å²) < 4.78 is 43.4. The van der Waals surface area contributed by atoms with Gasteiger partial charge in [-0.1, -0.05) is 32.9 Å². The van der Waals surface area contributed by atoms with Gasteiger partial charge in [-0.05, 0) is 35.2 Å². The van der Waals surface area contributed by atoms with Gasteiger partial charge in [-0.25, -0.2) is 18.4 Å². The first-order valence-electron chi connectivity index (χ1n) is 10.5. The first kappa shape index (κ1) is 25.9. The van der Waals surface area contributed by atoms with Crippen LogP contribution in [-0.4, -0.2) is 56.9 Å². The van der Waals surface area contributed by atoms with Gasteiger partial charge >= 0.3 is 8.25 Å². The number of alkyl halides is 1. The predicted molar refractivity (Wildman–Crippen MR) is 123 cm³/mol. The summed E-state index contributed by atoms with van der Waals surface area (Å²) in [6.07, 6.45) is -2.27. The fourth-order valence-corrected chi connectivity index (χ4v) is 4.04. The van der Waals surface area contributed by atoms with E-state index in [9.17, 15) is 19.2 Å². The molecule has 0 spiro atoms. The Morgan fingerprint density at radius 1 is 1.18 bits per heavy atom. The van der Waals surface area contributed by atoms with Crippen LogP contribution in [0.4, 0.5) is 10.2 Å². The van der Waals surface area contributed by atoms with E-state index in [0.29, 0.717) is 11.3 Å². The van der Waals surface area contributed by atoms with Crippen molar-refractivity contribution in [2.45, 2.75) is 44.0 Å². The molecule has 0 bridgehead atoms. The SMILES string of the molecule is CO[C@](CF)(CO[P+](=O)Oc1ccc(C(C)(C)C)cc1)[C@@H](O)[C@@H](O)c1ccc2c(N)ncnn12. The average Bonchev–Trinajstić information content (AvgIpc) is 3.24. The second-order valence-corrected chi connectivity index (χ2v) is 9.74. The molecule has 184 valence electrons. The summed E-state index contributed by atoms with van der Waals surface area (Å²) in [5.74, 6) is 0.467. The summed E-state index contributed by atoms with van der Waals surface area (Å²) in [5, 5.41) is 25.6. The van der Waals surface area contributed by atoms with Gasteiger partial charge in [0.2, 0.25) is 0 Å². The van der Waals surface area contributed by atoms with Crippen LogP contribution >= 0.6 is 8.25 Å². The highest BCUT2D eigenvalue weighted by atomic mass is 31.1. The number of halogens is 1. The Kier molecular flexibility index (Phi) is 7.84. The molecule has 3 aromatic rings. The maximum atomic E-state index is 14.1. The second-order valence-electron chi connectivity index (χ2n) is 8.86. The monoisotopic (exact) mass is 495 g/mol. The molecule has 0 fully saturated rings. The fraction of sp³-hybridized carbons (Fsp3) is 0.455. The standard InChI is InChI=1S/C22H29FN4O6P/c1-21(2,3)14-5-7-15(8-6-14)33-34(30)32-12-22(11-23,31-4)19(29)18(28)16-9-10-17-20(24)25-13-26-27(16)17/h5-10,13,18-19,28-29H,11-12H2,1-4H3,(H2,24,25,26)/q+1/t18-,19-,22+/m0/s1. The van der Waals surface area contributed by atoms with Crippen molar-refractivity contribution in [2.24, 2.45) is 0 Å². The Morgan fingerprint density at radius 3 is 2.44 bits per heavy atom. The van der Waals surface area contributed by atoms with Gasteiger partial charge < -0.3 is 20.7 Å². The van der Waals surface area contributed by atoms with Gasteiger partial charge in [0.05, 0.1) is 5.69 Å². The van der Waals surface area contributed by atoms with Crippen LogP contribution in [0.3, 0.4) is 0 Å². The van der Waals surface area contributed by atoms with Gasteiger partial charge in [-0.2, -0.15) is 5.10 Å². The van der Waals surface area contributed by atoms with Crippen molar-refractivity contribution in [1.82, 2.24) is 14.6 Å². The van der Waals surface area contributed by atoms with E-state index in [1.807, 2.05) is 12.1 Å². The molecule has 2 aromatic heterocycles. The van der Waals surface area contributed by atoms with Gasteiger partial charge in [0.15, 0.2) is 17.2 Å². The number of rotatable bonds is 10. The molecule has 1 aromatic carbocycles. The molecule has 4 atom stereocenters. The summed E-state index contributed by atoms with van der Waals surface area (Å²) in [6, 6.07) is 10.0. The summed E-state index contributed by atoms with van der Waals surface area (Å²) in [7, 11) is -1.58. The van der Waals surface area contributed by atoms with Gasteiger partial charge in [-0.15, -0.1) is 4.52 Å². The Bertz CT molecular complexity index is 1130. The summed E-state index contributed by atoms with van der Waals surface area (Å²) in [4.78, 5) is 3.86. The molecule has 34 heavy (non-hydrogen) atoms. The molecule has 0 radical (unpaired) electrons. The van der Waals surface area contributed by atoms with Crippen LogP contribution in [0.5, 0.6) is 5.75 Å². The van der Waals surface area contributed by atoms with Crippen LogP contribution in [0.15, 0.2) is 42.7 Å². The molecule has 2 heterocycles. The first-order chi connectivity index (χ1) is 16.0. The zero-order chi connectivity index (χ0) is 25.1. The summed E-state index contributed by atoms with van der Waals surface area (Å²) in [6.45, 7) is 4.28. The van der Waals surface area contributed by atoms with Crippen LogP contribution in [0.25, 0.3) is 5.52 Å². The molecule has 0 aliphatic carbocycles. The number of aliphatic hydroxyl groups is 2. The zero-order valence-electron chi connectivity index (χ0n) is 19.4. The van der Waals surface area contributed by atoms with Gasteiger partial charge in [-0.3, -0.25) is 0 Å². The van der Waals surface area contributed by atoms with Gasteiger partial charge in [0.25, 0.3) is 0 Å². The fourth-order valence-electron chi connectivity index (χ4n) is 3.37. The van der Waals surface area contributed by atoms with Crippen molar-refractivity contribution in [3.05, 3.63) is 54.0 Å². The third-order valence-corrected chi connectivity index (χ3v) is 6.30. The van der Waals surface area contributed by atoms with Crippen molar-refractivity contribution < 1.29 is 33.0 Å². The molecule has 0 saturated heterocycles. The van der Waals surface area contributed by atoms with Crippen LogP contribution < -0.4 is 10.3 Å². The number of methoxy groups -OCH3 is 1. The van der Waals surface area contributed by atoms with E-state index in [2.05, 4.69) is 30.9 Å². The van der Waals surface area contributed by atoms with Gasteiger partial charge in [0.1, 0.15) is 37.3 Å². The summed E-state index contributed by atoms with van der Waals surface area (Å²) in [5.41, 5.74) is 5.29. The molecule has 0 aliphatic rings. The van der Waals surface area contributed by atoms with E-state index in [1.54, 1.807) is 18.2 Å². The Morgan fingerprint density at radius 2 is 1.85 bits per heavy atom. The number of nitrogens with two attached hydrogens (primary N) is 1. The highest BCUT2D eigenvalue weighted by molar-refractivity contribution is 7.33. The smallest absolute Gasteiger partial charge is 0.387 e. The Hall–Kier alpha value is -2.69. The lowest BCUT2D eigenvalue weighted by atomic mass is 9.87.